The van der Waals surface area contributed by atoms with Crippen LogP contribution in [-0.2, 0) is 6.42 Å². The lowest BCUT2D eigenvalue weighted by Gasteiger charge is -2.26. The zero-order valence-electron chi connectivity index (χ0n) is 15.0. The van der Waals surface area contributed by atoms with Crippen LogP contribution in [0.4, 0.5) is 26.3 Å². The smallest absolute Gasteiger partial charge is 0.399 e. The van der Waals surface area contributed by atoms with E-state index in [-0.39, 0.29) is 6.67 Å². The van der Waals surface area contributed by atoms with Crippen molar-refractivity contribution in [2.75, 3.05) is 6.67 Å². The molecule has 0 aromatic heterocycles. The summed E-state index contributed by atoms with van der Waals surface area (Å²) in [4.78, 5) is 0. The van der Waals surface area contributed by atoms with Crippen LogP contribution in [0.2, 0.25) is 0 Å². The molecule has 152 valence electrons. The van der Waals surface area contributed by atoms with E-state index in [1.165, 1.54) is 0 Å². The Balaban J connectivity index is 1.81. The Hall–Kier alpha value is -1.66. The van der Waals surface area contributed by atoms with E-state index in [9.17, 15) is 26.3 Å². The van der Waals surface area contributed by atoms with E-state index in [1.807, 2.05) is 6.08 Å². The second kappa shape index (κ2) is 10.0. The normalized spacial score (nSPS) is 21.0. The first kappa shape index (κ1) is 21.6. The molecular formula is C20H24F6O. The fraction of sp³-hybridized carbons (Fsp3) is 0.600. The van der Waals surface area contributed by atoms with Gasteiger partial charge >= 0.3 is 6.36 Å². The Morgan fingerprint density at radius 3 is 2.22 bits per heavy atom. The average molecular weight is 394 g/mol. The number of alkyl halides is 4. The monoisotopic (exact) mass is 394 g/mol. The number of hydrogen-bond acceptors (Lipinski definition) is 1. The van der Waals surface area contributed by atoms with E-state index in [2.05, 4.69) is 10.8 Å². The molecule has 0 spiro atoms. The maximum atomic E-state index is 13.7. The summed E-state index contributed by atoms with van der Waals surface area (Å²) in [6, 6.07) is 1.81. The minimum absolute atomic E-state index is 0.304. The number of benzene rings is 1. The molecule has 1 aromatic carbocycles. The Kier molecular flexibility index (Phi) is 8.05. The number of rotatable bonds is 8. The van der Waals surface area contributed by atoms with Gasteiger partial charge in [-0.15, -0.1) is 13.2 Å². The molecule has 0 aliphatic heterocycles. The zero-order valence-corrected chi connectivity index (χ0v) is 15.0. The summed E-state index contributed by atoms with van der Waals surface area (Å²) in [5.74, 6) is -3.17. The second-order valence-electron chi connectivity index (χ2n) is 7.02. The van der Waals surface area contributed by atoms with Gasteiger partial charge in [0.15, 0.2) is 11.6 Å². The van der Waals surface area contributed by atoms with Gasteiger partial charge in [-0.25, -0.2) is 8.78 Å². The van der Waals surface area contributed by atoms with Crippen LogP contribution in [0.15, 0.2) is 24.3 Å². The number of allylic oxidation sites excluding steroid dienone is 2. The molecule has 0 unspecified atom stereocenters. The van der Waals surface area contributed by atoms with Gasteiger partial charge in [0, 0.05) is 0 Å². The van der Waals surface area contributed by atoms with E-state index in [1.54, 1.807) is 0 Å². The van der Waals surface area contributed by atoms with Crippen LogP contribution < -0.4 is 4.74 Å². The number of ether oxygens (including phenoxy) is 1. The molecule has 0 amide bonds. The molecule has 0 N–H and O–H groups in total. The van der Waals surface area contributed by atoms with E-state index >= 15 is 0 Å². The largest absolute Gasteiger partial charge is 0.573 e. The van der Waals surface area contributed by atoms with Crippen molar-refractivity contribution < 1.29 is 31.1 Å². The van der Waals surface area contributed by atoms with Gasteiger partial charge in [-0.2, -0.15) is 0 Å². The molecular weight excluding hydrogens is 370 g/mol. The minimum Gasteiger partial charge on any atom is -0.399 e. The third kappa shape index (κ3) is 7.46. The highest BCUT2D eigenvalue weighted by molar-refractivity contribution is 5.31. The number of unbranched alkanes of at least 4 members (excludes halogenated alkanes) is 1. The summed E-state index contributed by atoms with van der Waals surface area (Å²) in [6.45, 7) is -0.304. The third-order valence-corrected chi connectivity index (χ3v) is 4.92. The van der Waals surface area contributed by atoms with Crippen molar-refractivity contribution in [1.82, 2.24) is 0 Å². The standard InChI is InChI=1S/C20H24F6O/c21-11-3-1-2-4-14-5-7-15(8-6-14)9-10-16-12-17(22)19(18(23)13-16)27-20(24,25)26/h2,4,12-15H,1,3,5-11H2. The Morgan fingerprint density at radius 1 is 1.04 bits per heavy atom. The van der Waals surface area contributed by atoms with Gasteiger partial charge < -0.3 is 4.74 Å². The summed E-state index contributed by atoms with van der Waals surface area (Å²) in [5.41, 5.74) is 0.327. The topological polar surface area (TPSA) is 9.23 Å². The first-order valence-corrected chi connectivity index (χ1v) is 9.24. The Morgan fingerprint density at radius 2 is 1.67 bits per heavy atom. The molecule has 1 nitrogen and oxygen atoms in total. The summed E-state index contributed by atoms with van der Waals surface area (Å²) in [7, 11) is 0. The Bertz CT molecular complexity index is 594. The molecule has 0 atom stereocenters. The lowest BCUT2D eigenvalue weighted by atomic mass is 9.79. The molecule has 1 aliphatic rings. The molecule has 1 saturated carbocycles. The highest BCUT2D eigenvalue weighted by Crippen LogP contribution is 2.34. The van der Waals surface area contributed by atoms with E-state index in [0.717, 1.165) is 50.7 Å². The summed E-state index contributed by atoms with van der Waals surface area (Å²) in [5, 5.41) is 0. The third-order valence-electron chi connectivity index (χ3n) is 4.92. The van der Waals surface area contributed by atoms with Crippen molar-refractivity contribution >= 4 is 0 Å². The fourth-order valence-electron chi connectivity index (χ4n) is 3.49. The molecule has 0 bridgehead atoms. The van der Waals surface area contributed by atoms with Crippen LogP contribution in [0.3, 0.4) is 0 Å². The lowest BCUT2D eigenvalue weighted by Crippen LogP contribution is -2.19. The number of aryl methyl sites for hydroxylation is 1. The maximum absolute atomic E-state index is 13.7. The minimum atomic E-state index is -5.14. The van der Waals surface area contributed by atoms with Crippen molar-refractivity contribution in [3.05, 3.63) is 41.5 Å². The molecule has 1 aromatic rings. The van der Waals surface area contributed by atoms with Gasteiger partial charge in [-0.05, 0) is 80.9 Å². The highest BCUT2D eigenvalue weighted by atomic mass is 19.4. The molecule has 0 heterocycles. The van der Waals surface area contributed by atoms with Crippen molar-refractivity contribution in [2.45, 2.75) is 57.7 Å². The molecule has 0 radical (unpaired) electrons. The zero-order chi connectivity index (χ0) is 19.9. The number of hydrogen-bond donors (Lipinski definition) is 0. The van der Waals surface area contributed by atoms with Crippen molar-refractivity contribution in [2.24, 2.45) is 11.8 Å². The quantitative estimate of drug-likeness (QED) is 0.264. The van der Waals surface area contributed by atoms with Gasteiger partial charge in [0.1, 0.15) is 0 Å². The van der Waals surface area contributed by atoms with Crippen LogP contribution in [-0.4, -0.2) is 13.0 Å². The molecule has 7 heteroatoms. The van der Waals surface area contributed by atoms with Gasteiger partial charge in [-0.1, -0.05) is 12.2 Å². The molecule has 1 aliphatic carbocycles. The first-order valence-electron chi connectivity index (χ1n) is 9.24. The maximum Gasteiger partial charge on any atom is 0.573 e. The van der Waals surface area contributed by atoms with E-state index in [4.69, 9.17) is 0 Å². The van der Waals surface area contributed by atoms with Crippen LogP contribution >= 0.6 is 0 Å². The van der Waals surface area contributed by atoms with Crippen molar-refractivity contribution in [3.8, 4) is 5.75 Å². The summed E-state index contributed by atoms with van der Waals surface area (Å²) < 4.78 is 79.4. The van der Waals surface area contributed by atoms with Gasteiger partial charge in [0.2, 0.25) is 5.75 Å². The predicted molar refractivity (Wildman–Crippen MR) is 91.2 cm³/mol. The Labute approximate surface area is 155 Å². The average Bonchev–Trinajstić information content (AvgIpc) is 2.60. The molecule has 2 rings (SSSR count). The van der Waals surface area contributed by atoms with Crippen molar-refractivity contribution in [3.63, 3.8) is 0 Å². The van der Waals surface area contributed by atoms with Crippen LogP contribution in [0.1, 0.15) is 50.5 Å². The van der Waals surface area contributed by atoms with Crippen molar-refractivity contribution in [1.29, 1.82) is 0 Å². The van der Waals surface area contributed by atoms with Gasteiger partial charge in [-0.3, -0.25) is 4.39 Å². The SMILES string of the molecule is FCCCC=CC1CCC(CCc2cc(F)c(OC(F)(F)F)c(F)c2)CC1. The fourth-order valence-corrected chi connectivity index (χ4v) is 3.49. The molecule has 27 heavy (non-hydrogen) atoms. The van der Waals surface area contributed by atoms with Gasteiger partial charge in [0.25, 0.3) is 0 Å². The molecule has 0 saturated heterocycles. The summed E-state index contributed by atoms with van der Waals surface area (Å²) in [6.07, 6.45) is 5.52. The highest BCUT2D eigenvalue weighted by Gasteiger charge is 2.34. The lowest BCUT2D eigenvalue weighted by molar-refractivity contribution is -0.276. The van der Waals surface area contributed by atoms with E-state index in [0.29, 0.717) is 30.2 Å². The summed E-state index contributed by atoms with van der Waals surface area (Å²) >= 11 is 0. The van der Waals surface area contributed by atoms with Crippen LogP contribution in [0.5, 0.6) is 5.75 Å². The van der Waals surface area contributed by atoms with Crippen LogP contribution in [0, 0.1) is 23.5 Å². The van der Waals surface area contributed by atoms with E-state index < -0.39 is 23.7 Å². The van der Waals surface area contributed by atoms with Crippen LogP contribution in [0.25, 0.3) is 0 Å². The predicted octanol–water partition coefficient (Wildman–Crippen LogP) is 6.91. The molecule has 1 fully saturated rings. The second-order valence-corrected chi connectivity index (χ2v) is 7.02. The number of halogens is 6. The first-order chi connectivity index (χ1) is 12.8. The van der Waals surface area contributed by atoms with Gasteiger partial charge in [0.05, 0.1) is 6.67 Å².